The number of carboxylic acids is 1. The number of ether oxygens (including phenoxy) is 2. The van der Waals surface area contributed by atoms with Crippen molar-refractivity contribution in [1.29, 1.82) is 0 Å². The molecule has 1 unspecified atom stereocenters. The van der Waals surface area contributed by atoms with Gasteiger partial charge in [-0.3, -0.25) is 0 Å². The molecule has 1 aromatic rings. The highest BCUT2D eigenvalue weighted by molar-refractivity contribution is 9.10. The molecule has 2 N–H and O–H groups in total. The van der Waals surface area contributed by atoms with Crippen LogP contribution in [0.25, 0.3) is 0 Å². The Hall–Kier alpha value is -1.27. The van der Waals surface area contributed by atoms with Crippen LogP contribution in [-0.2, 0) is 11.3 Å². The molecule has 0 heterocycles. The maximum absolute atomic E-state index is 10.9. The van der Waals surface area contributed by atoms with Gasteiger partial charge >= 0.3 is 5.97 Å². The van der Waals surface area contributed by atoms with Crippen LogP contribution >= 0.6 is 15.9 Å². The van der Waals surface area contributed by atoms with Crippen LogP contribution < -0.4 is 14.8 Å². The molecular weight excluding hydrogens is 326 g/mol. The van der Waals surface area contributed by atoms with E-state index in [2.05, 4.69) is 21.2 Å². The SMILES string of the molecule is COc1cc(CNC2CC2)cc(Br)c1OC(C)C(=O)O. The number of hydrogen-bond acceptors (Lipinski definition) is 4. The fourth-order valence-electron chi connectivity index (χ4n) is 1.77. The van der Waals surface area contributed by atoms with Crippen LogP contribution in [0.2, 0.25) is 0 Å². The van der Waals surface area contributed by atoms with E-state index >= 15 is 0 Å². The summed E-state index contributed by atoms with van der Waals surface area (Å²) in [6.45, 7) is 2.24. The van der Waals surface area contributed by atoms with Crippen LogP contribution in [0.15, 0.2) is 16.6 Å². The predicted octanol–water partition coefficient (Wildman–Crippen LogP) is 2.56. The third-order valence-corrected chi connectivity index (χ3v) is 3.69. The van der Waals surface area contributed by atoms with Crippen molar-refractivity contribution < 1.29 is 19.4 Å². The van der Waals surface area contributed by atoms with E-state index in [1.807, 2.05) is 12.1 Å². The van der Waals surface area contributed by atoms with Crippen LogP contribution in [0.1, 0.15) is 25.3 Å². The van der Waals surface area contributed by atoms with E-state index in [0.29, 0.717) is 22.0 Å². The molecule has 0 bridgehead atoms. The quantitative estimate of drug-likeness (QED) is 0.796. The summed E-state index contributed by atoms with van der Waals surface area (Å²) in [5, 5.41) is 12.3. The zero-order chi connectivity index (χ0) is 14.7. The number of rotatable bonds is 7. The van der Waals surface area contributed by atoms with Crippen molar-refractivity contribution in [2.45, 2.75) is 38.5 Å². The molecule has 1 saturated carbocycles. The summed E-state index contributed by atoms with van der Waals surface area (Å²) in [7, 11) is 1.54. The van der Waals surface area contributed by atoms with Gasteiger partial charge in [-0.15, -0.1) is 0 Å². The van der Waals surface area contributed by atoms with E-state index in [0.717, 1.165) is 12.1 Å². The number of hydrogen-bond donors (Lipinski definition) is 2. The molecule has 0 saturated heterocycles. The molecule has 110 valence electrons. The molecule has 0 spiro atoms. The molecule has 0 aromatic heterocycles. The van der Waals surface area contributed by atoms with Crippen molar-refractivity contribution >= 4 is 21.9 Å². The number of methoxy groups -OCH3 is 1. The first-order chi connectivity index (χ1) is 9.51. The first-order valence-electron chi connectivity index (χ1n) is 6.50. The molecule has 1 atom stereocenters. The van der Waals surface area contributed by atoms with Gasteiger partial charge < -0.3 is 19.9 Å². The fourth-order valence-corrected chi connectivity index (χ4v) is 2.35. The molecule has 5 nitrogen and oxygen atoms in total. The Morgan fingerprint density at radius 2 is 2.25 bits per heavy atom. The van der Waals surface area contributed by atoms with Crippen LogP contribution in [-0.4, -0.2) is 30.3 Å². The second kappa shape index (κ2) is 6.45. The van der Waals surface area contributed by atoms with E-state index in [1.165, 1.54) is 26.9 Å². The minimum atomic E-state index is -1.02. The summed E-state index contributed by atoms with van der Waals surface area (Å²) < 4.78 is 11.4. The van der Waals surface area contributed by atoms with Crippen LogP contribution in [0, 0.1) is 0 Å². The minimum absolute atomic E-state index is 0.414. The molecule has 1 aliphatic carbocycles. The van der Waals surface area contributed by atoms with E-state index in [1.54, 1.807) is 0 Å². The molecule has 6 heteroatoms. The monoisotopic (exact) mass is 343 g/mol. The molecule has 0 radical (unpaired) electrons. The Balaban J connectivity index is 2.15. The molecule has 1 aliphatic rings. The first kappa shape index (κ1) is 15.1. The Morgan fingerprint density at radius 3 is 2.80 bits per heavy atom. The van der Waals surface area contributed by atoms with E-state index in [9.17, 15) is 4.79 Å². The highest BCUT2D eigenvalue weighted by Gasteiger charge is 2.22. The third kappa shape index (κ3) is 3.86. The molecule has 20 heavy (non-hydrogen) atoms. The number of benzene rings is 1. The second-order valence-electron chi connectivity index (χ2n) is 4.86. The van der Waals surface area contributed by atoms with Crippen LogP contribution in [0.3, 0.4) is 0 Å². The maximum atomic E-state index is 10.9. The zero-order valence-electron chi connectivity index (χ0n) is 11.5. The summed E-state index contributed by atoms with van der Waals surface area (Å²) >= 11 is 3.41. The lowest BCUT2D eigenvalue weighted by Gasteiger charge is -2.17. The number of nitrogens with one attached hydrogen (secondary N) is 1. The summed E-state index contributed by atoms with van der Waals surface area (Å²) in [5.41, 5.74) is 1.07. The van der Waals surface area contributed by atoms with Crippen molar-refractivity contribution in [2.24, 2.45) is 0 Å². The molecular formula is C14H18BrNO4. The predicted molar refractivity (Wildman–Crippen MR) is 78.3 cm³/mol. The standard InChI is InChI=1S/C14H18BrNO4/c1-8(14(17)18)20-13-11(15)5-9(6-12(13)19-2)7-16-10-3-4-10/h5-6,8,10,16H,3-4,7H2,1-2H3,(H,17,18). The number of halogens is 1. The van der Waals surface area contributed by atoms with Crippen molar-refractivity contribution in [2.75, 3.05) is 7.11 Å². The molecule has 1 fully saturated rings. The smallest absolute Gasteiger partial charge is 0.344 e. The van der Waals surface area contributed by atoms with Crippen LogP contribution in [0.5, 0.6) is 11.5 Å². The lowest BCUT2D eigenvalue weighted by atomic mass is 10.2. The number of carboxylic acid groups (broad SMARTS) is 1. The number of carbonyl (C=O) groups is 1. The highest BCUT2D eigenvalue weighted by Crippen LogP contribution is 2.37. The lowest BCUT2D eigenvalue weighted by molar-refractivity contribution is -0.144. The topological polar surface area (TPSA) is 67.8 Å². The second-order valence-corrected chi connectivity index (χ2v) is 5.72. The van der Waals surface area contributed by atoms with Gasteiger partial charge in [0.25, 0.3) is 0 Å². The average Bonchev–Trinajstić information content (AvgIpc) is 3.22. The van der Waals surface area contributed by atoms with Crippen molar-refractivity contribution in [3.63, 3.8) is 0 Å². The minimum Gasteiger partial charge on any atom is -0.493 e. The van der Waals surface area contributed by atoms with Gasteiger partial charge in [-0.2, -0.15) is 0 Å². The first-order valence-corrected chi connectivity index (χ1v) is 7.29. The Bertz CT molecular complexity index is 502. The lowest BCUT2D eigenvalue weighted by Crippen LogP contribution is -2.23. The van der Waals surface area contributed by atoms with Gasteiger partial charge in [0.2, 0.25) is 0 Å². The van der Waals surface area contributed by atoms with Gasteiger partial charge in [0.1, 0.15) is 0 Å². The molecule has 1 aromatic carbocycles. The van der Waals surface area contributed by atoms with Gasteiger partial charge in [0, 0.05) is 12.6 Å². The van der Waals surface area contributed by atoms with Crippen molar-refractivity contribution in [1.82, 2.24) is 5.32 Å². The molecule has 0 amide bonds. The van der Waals surface area contributed by atoms with E-state index in [-0.39, 0.29) is 0 Å². The summed E-state index contributed by atoms with van der Waals surface area (Å²) in [6.07, 6.45) is 1.53. The van der Waals surface area contributed by atoms with Crippen molar-refractivity contribution in [3.05, 3.63) is 22.2 Å². The Kier molecular flexibility index (Phi) is 4.88. The third-order valence-electron chi connectivity index (χ3n) is 3.10. The Morgan fingerprint density at radius 1 is 1.55 bits per heavy atom. The van der Waals surface area contributed by atoms with Gasteiger partial charge in [-0.05, 0) is 53.4 Å². The average molecular weight is 344 g/mol. The summed E-state index contributed by atoms with van der Waals surface area (Å²) in [6, 6.07) is 4.41. The van der Waals surface area contributed by atoms with Gasteiger partial charge in [0.15, 0.2) is 17.6 Å². The molecule has 0 aliphatic heterocycles. The zero-order valence-corrected chi connectivity index (χ0v) is 13.1. The Labute approximate surface area is 126 Å². The summed E-state index contributed by atoms with van der Waals surface area (Å²) in [5.74, 6) is -0.0731. The van der Waals surface area contributed by atoms with Crippen LogP contribution in [0.4, 0.5) is 0 Å². The normalized spacial score (nSPS) is 15.8. The van der Waals surface area contributed by atoms with E-state index in [4.69, 9.17) is 14.6 Å². The largest absolute Gasteiger partial charge is 0.493 e. The van der Waals surface area contributed by atoms with Gasteiger partial charge in [-0.25, -0.2) is 4.79 Å². The summed E-state index contributed by atoms with van der Waals surface area (Å²) in [4.78, 5) is 10.9. The molecule has 2 rings (SSSR count). The number of aliphatic carboxylic acids is 1. The van der Waals surface area contributed by atoms with Crippen molar-refractivity contribution in [3.8, 4) is 11.5 Å². The van der Waals surface area contributed by atoms with Gasteiger partial charge in [-0.1, -0.05) is 0 Å². The fraction of sp³-hybridized carbons (Fsp3) is 0.500. The van der Waals surface area contributed by atoms with Gasteiger partial charge in [0.05, 0.1) is 11.6 Å². The maximum Gasteiger partial charge on any atom is 0.344 e. The highest BCUT2D eigenvalue weighted by atomic mass is 79.9. The van der Waals surface area contributed by atoms with E-state index < -0.39 is 12.1 Å².